The molecule has 0 radical (unpaired) electrons. The highest BCUT2D eigenvalue weighted by molar-refractivity contribution is 5.92. The molecule has 0 saturated heterocycles. The zero-order valence-corrected chi connectivity index (χ0v) is 14.3. The number of H-pyrrole nitrogens is 1. The number of hydrogen-bond acceptors (Lipinski definition) is 5. The van der Waals surface area contributed by atoms with Crippen LogP contribution in [-0.4, -0.2) is 32.2 Å². The molecule has 0 spiro atoms. The van der Waals surface area contributed by atoms with Crippen LogP contribution in [0.3, 0.4) is 0 Å². The number of aromatic amines is 1. The SMILES string of the molecule is CCn1nc(CC(C)C)cc1C(=O)NCCc1nc(N)cc(=O)[nH]1. The van der Waals surface area contributed by atoms with Gasteiger partial charge in [-0.15, -0.1) is 0 Å². The van der Waals surface area contributed by atoms with E-state index in [1.807, 2.05) is 13.0 Å². The van der Waals surface area contributed by atoms with E-state index in [1.54, 1.807) is 4.68 Å². The van der Waals surface area contributed by atoms with Gasteiger partial charge in [0.25, 0.3) is 11.5 Å². The number of hydrogen-bond donors (Lipinski definition) is 3. The van der Waals surface area contributed by atoms with Gasteiger partial charge in [-0.05, 0) is 25.3 Å². The van der Waals surface area contributed by atoms with Crippen LogP contribution in [0.5, 0.6) is 0 Å². The van der Waals surface area contributed by atoms with Crippen molar-refractivity contribution in [3.63, 3.8) is 0 Å². The van der Waals surface area contributed by atoms with Crippen molar-refractivity contribution in [1.82, 2.24) is 25.1 Å². The second kappa shape index (κ2) is 7.76. The number of nitrogens with two attached hydrogens (primary N) is 1. The first kappa shape index (κ1) is 17.7. The molecule has 130 valence electrons. The second-order valence-electron chi connectivity index (χ2n) is 6.06. The lowest BCUT2D eigenvalue weighted by atomic mass is 10.1. The monoisotopic (exact) mass is 332 g/mol. The number of nitrogen functional groups attached to an aromatic ring is 1. The molecule has 2 aromatic heterocycles. The Hall–Kier alpha value is -2.64. The molecule has 2 heterocycles. The summed E-state index contributed by atoms with van der Waals surface area (Å²) in [6, 6.07) is 3.05. The summed E-state index contributed by atoms with van der Waals surface area (Å²) in [5.41, 5.74) is 6.69. The van der Waals surface area contributed by atoms with E-state index in [2.05, 4.69) is 34.2 Å². The standard InChI is InChI=1S/C16H24N6O2/c1-4-22-12(8-11(21-22)7-10(2)3)16(24)18-6-5-14-19-13(17)9-15(23)20-14/h8-10H,4-7H2,1-3H3,(H,18,24)(H3,17,19,20,23). The molecule has 4 N–H and O–H groups in total. The van der Waals surface area contributed by atoms with E-state index >= 15 is 0 Å². The number of nitrogens with zero attached hydrogens (tertiary/aromatic N) is 3. The molecule has 0 fully saturated rings. The van der Waals surface area contributed by atoms with Crippen LogP contribution in [-0.2, 0) is 19.4 Å². The van der Waals surface area contributed by atoms with Crippen LogP contribution in [0.2, 0.25) is 0 Å². The van der Waals surface area contributed by atoms with Gasteiger partial charge in [-0.25, -0.2) is 4.98 Å². The number of aryl methyl sites for hydroxylation is 1. The van der Waals surface area contributed by atoms with Crippen molar-refractivity contribution in [1.29, 1.82) is 0 Å². The fourth-order valence-corrected chi connectivity index (χ4v) is 2.44. The van der Waals surface area contributed by atoms with Crippen molar-refractivity contribution in [2.45, 2.75) is 40.2 Å². The average molecular weight is 332 g/mol. The Labute approximate surface area is 140 Å². The molecule has 8 nitrogen and oxygen atoms in total. The maximum Gasteiger partial charge on any atom is 0.269 e. The molecule has 0 atom stereocenters. The summed E-state index contributed by atoms with van der Waals surface area (Å²) in [7, 11) is 0. The van der Waals surface area contributed by atoms with E-state index in [0.717, 1.165) is 12.1 Å². The molecule has 0 unspecified atom stereocenters. The van der Waals surface area contributed by atoms with Crippen LogP contribution >= 0.6 is 0 Å². The van der Waals surface area contributed by atoms with E-state index in [-0.39, 0.29) is 17.3 Å². The van der Waals surface area contributed by atoms with Crippen molar-refractivity contribution in [2.75, 3.05) is 12.3 Å². The molecule has 0 aliphatic rings. The molecule has 0 aliphatic carbocycles. The molecule has 0 aliphatic heterocycles. The van der Waals surface area contributed by atoms with Crippen molar-refractivity contribution < 1.29 is 4.79 Å². The predicted octanol–water partition coefficient (Wildman–Crippen LogP) is 0.740. The third-order valence-electron chi connectivity index (χ3n) is 3.44. The van der Waals surface area contributed by atoms with E-state index in [0.29, 0.717) is 36.9 Å². The molecule has 1 amide bonds. The lowest BCUT2D eigenvalue weighted by Crippen LogP contribution is -2.29. The highest BCUT2D eigenvalue weighted by Gasteiger charge is 2.15. The minimum absolute atomic E-state index is 0.169. The zero-order chi connectivity index (χ0) is 17.7. The van der Waals surface area contributed by atoms with Crippen LogP contribution in [0.1, 0.15) is 42.8 Å². The fraction of sp³-hybridized carbons (Fsp3) is 0.500. The molecule has 0 saturated carbocycles. The van der Waals surface area contributed by atoms with Crippen molar-refractivity contribution in [3.8, 4) is 0 Å². The Kier molecular flexibility index (Phi) is 5.73. The van der Waals surface area contributed by atoms with Crippen LogP contribution in [0.4, 0.5) is 5.82 Å². The van der Waals surface area contributed by atoms with E-state index in [1.165, 1.54) is 6.07 Å². The number of carbonyl (C=O) groups is 1. The molecule has 8 heteroatoms. The summed E-state index contributed by atoms with van der Waals surface area (Å²) in [5.74, 6) is 0.908. The molecule has 24 heavy (non-hydrogen) atoms. The molecule has 2 aromatic rings. The Balaban J connectivity index is 1.99. The first-order valence-corrected chi connectivity index (χ1v) is 8.09. The Morgan fingerprint density at radius 1 is 1.42 bits per heavy atom. The smallest absolute Gasteiger partial charge is 0.269 e. The summed E-state index contributed by atoms with van der Waals surface area (Å²) in [5, 5.41) is 7.28. The maximum absolute atomic E-state index is 12.4. The number of nitrogens with one attached hydrogen (secondary N) is 2. The number of amides is 1. The Morgan fingerprint density at radius 3 is 2.79 bits per heavy atom. The van der Waals surface area contributed by atoms with Crippen molar-refractivity contribution in [2.24, 2.45) is 5.92 Å². The van der Waals surface area contributed by atoms with Crippen LogP contribution in [0.25, 0.3) is 0 Å². The van der Waals surface area contributed by atoms with Crippen LogP contribution in [0.15, 0.2) is 16.9 Å². The minimum atomic E-state index is -0.300. The van der Waals surface area contributed by atoms with Gasteiger partial charge in [0, 0.05) is 25.6 Å². The summed E-state index contributed by atoms with van der Waals surface area (Å²) >= 11 is 0. The molecule has 0 bridgehead atoms. The largest absolute Gasteiger partial charge is 0.383 e. The molecular formula is C16H24N6O2. The summed E-state index contributed by atoms with van der Waals surface area (Å²) in [4.78, 5) is 30.3. The van der Waals surface area contributed by atoms with Gasteiger partial charge in [0.2, 0.25) is 0 Å². The quantitative estimate of drug-likeness (QED) is 0.691. The molecule has 0 aromatic carbocycles. The van der Waals surface area contributed by atoms with Gasteiger partial charge in [0.05, 0.1) is 5.69 Å². The predicted molar refractivity (Wildman–Crippen MR) is 91.8 cm³/mol. The van der Waals surface area contributed by atoms with Gasteiger partial charge in [-0.3, -0.25) is 14.3 Å². The topological polar surface area (TPSA) is 119 Å². The van der Waals surface area contributed by atoms with E-state index < -0.39 is 0 Å². The van der Waals surface area contributed by atoms with Crippen molar-refractivity contribution >= 4 is 11.7 Å². The lowest BCUT2D eigenvalue weighted by Gasteiger charge is -2.06. The number of anilines is 1. The number of carbonyl (C=O) groups excluding carboxylic acids is 1. The minimum Gasteiger partial charge on any atom is -0.383 e. The molecular weight excluding hydrogens is 308 g/mol. The Bertz CT molecular complexity index is 762. The number of aromatic nitrogens is 4. The van der Waals surface area contributed by atoms with Gasteiger partial charge < -0.3 is 16.0 Å². The summed E-state index contributed by atoms with van der Waals surface area (Å²) < 4.78 is 1.70. The van der Waals surface area contributed by atoms with Gasteiger partial charge in [-0.1, -0.05) is 13.8 Å². The maximum atomic E-state index is 12.4. The first-order valence-electron chi connectivity index (χ1n) is 8.09. The van der Waals surface area contributed by atoms with E-state index in [4.69, 9.17) is 5.73 Å². The summed E-state index contributed by atoms with van der Waals surface area (Å²) in [6.45, 7) is 7.16. The third kappa shape index (κ3) is 4.68. The van der Waals surface area contributed by atoms with Crippen LogP contribution in [0, 0.1) is 5.92 Å². The normalized spacial score (nSPS) is 11.0. The van der Waals surface area contributed by atoms with E-state index in [9.17, 15) is 9.59 Å². The van der Waals surface area contributed by atoms with Gasteiger partial charge in [0.1, 0.15) is 17.3 Å². The van der Waals surface area contributed by atoms with Crippen LogP contribution < -0.4 is 16.6 Å². The van der Waals surface area contributed by atoms with Crippen molar-refractivity contribution in [3.05, 3.63) is 39.7 Å². The highest BCUT2D eigenvalue weighted by atomic mass is 16.2. The fourth-order valence-electron chi connectivity index (χ4n) is 2.44. The van der Waals surface area contributed by atoms with Gasteiger partial charge in [0.15, 0.2) is 0 Å². The average Bonchev–Trinajstić information content (AvgIpc) is 2.88. The zero-order valence-electron chi connectivity index (χ0n) is 14.3. The lowest BCUT2D eigenvalue weighted by molar-refractivity contribution is 0.0943. The third-order valence-corrected chi connectivity index (χ3v) is 3.44. The Morgan fingerprint density at radius 2 is 2.17 bits per heavy atom. The van der Waals surface area contributed by atoms with Gasteiger partial charge >= 0.3 is 0 Å². The van der Waals surface area contributed by atoms with Gasteiger partial charge in [-0.2, -0.15) is 5.10 Å². The first-order chi connectivity index (χ1) is 11.4. The second-order valence-corrected chi connectivity index (χ2v) is 6.06. The molecule has 2 rings (SSSR count). The number of rotatable bonds is 7. The highest BCUT2D eigenvalue weighted by Crippen LogP contribution is 2.10. The summed E-state index contributed by atoms with van der Waals surface area (Å²) in [6.07, 6.45) is 1.23.